The highest BCUT2D eigenvalue weighted by molar-refractivity contribution is 7.91. The molecule has 1 rings (SSSR count). The first-order valence-corrected chi connectivity index (χ1v) is 8.17. The highest BCUT2D eigenvalue weighted by atomic mass is 32.2. The van der Waals surface area contributed by atoms with E-state index in [0.717, 1.165) is 32.1 Å². The number of likely N-dealkylation sites (tertiary alicyclic amines) is 1. The van der Waals surface area contributed by atoms with Crippen molar-refractivity contribution < 1.29 is 13.2 Å². The molecule has 0 aromatic carbocycles. The topological polar surface area (TPSA) is 66.5 Å². The second-order valence-corrected chi connectivity index (χ2v) is 6.82. The number of hydrogen-bond acceptors (Lipinski definition) is 4. The van der Waals surface area contributed by atoms with Gasteiger partial charge in [-0.15, -0.1) is 0 Å². The van der Waals surface area contributed by atoms with Crippen molar-refractivity contribution in [1.82, 2.24) is 10.2 Å². The molecule has 0 aromatic heterocycles. The van der Waals surface area contributed by atoms with Gasteiger partial charge in [-0.1, -0.05) is 6.92 Å². The van der Waals surface area contributed by atoms with E-state index in [1.54, 1.807) is 4.90 Å². The van der Waals surface area contributed by atoms with Crippen molar-refractivity contribution in [3.63, 3.8) is 0 Å². The smallest absolute Gasteiger partial charge is 0.237 e. The second kappa shape index (κ2) is 6.35. The van der Waals surface area contributed by atoms with Crippen molar-refractivity contribution in [3.8, 4) is 0 Å². The van der Waals surface area contributed by atoms with E-state index in [2.05, 4.69) is 12.2 Å². The molecule has 1 heterocycles. The number of amides is 1. The molecule has 6 heteroatoms. The SMILES string of the molecule is CCCNC1CCN(C(=O)CS(C)(=O)=O)CC1. The van der Waals surface area contributed by atoms with Gasteiger partial charge in [-0.25, -0.2) is 8.42 Å². The zero-order valence-corrected chi connectivity index (χ0v) is 11.4. The van der Waals surface area contributed by atoms with E-state index in [9.17, 15) is 13.2 Å². The predicted octanol–water partition coefficient (Wildman–Crippen LogP) is 0.0216. The van der Waals surface area contributed by atoms with E-state index in [4.69, 9.17) is 0 Å². The van der Waals surface area contributed by atoms with Crippen molar-refractivity contribution in [2.75, 3.05) is 31.6 Å². The molecule has 1 amide bonds. The van der Waals surface area contributed by atoms with Crippen LogP contribution in [-0.4, -0.2) is 56.9 Å². The Morgan fingerprint density at radius 2 is 1.94 bits per heavy atom. The lowest BCUT2D eigenvalue weighted by Gasteiger charge is -2.32. The van der Waals surface area contributed by atoms with E-state index < -0.39 is 9.84 Å². The fourth-order valence-electron chi connectivity index (χ4n) is 2.00. The van der Waals surface area contributed by atoms with Crippen molar-refractivity contribution in [2.24, 2.45) is 0 Å². The molecule has 17 heavy (non-hydrogen) atoms. The highest BCUT2D eigenvalue weighted by Gasteiger charge is 2.24. The number of nitrogens with one attached hydrogen (secondary N) is 1. The van der Waals surface area contributed by atoms with Crippen LogP contribution in [0.15, 0.2) is 0 Å². The summed E-state index contributed by atoms with van der Waals surface area (Å²) in [6.45, 7) is 4.45. The number of piperidine rings is 1. The molecule has 100 valence electrons. The third-order valence-corrected chi connectivity index (χ3v) is 3.69. The van der Waals surface area contributed by atoms with Gasteiger partial charge in [0.15, 0.2) is 9.84 Å². The second-order valence-electron chi connectivity index (χ2n) is 4.68. The summed E-state index contributed by atoms with van der Waals surface area (Å²) in [5.41, 5.74) is 0. The average Bonchev–Trinajstić information content (AvgIpc) is 2.24. The quantitative estimate of drug-likeness (QED) is 0.758. The number of rotatable bonds is 5. The van der Waals surface area contributed by atoms with Gasteiger partial charge in [-0.3, -0.25) is 4.79 Å². The minimum atomic E-state index is -3.21. The number of carbonyl (C=O) groups is 1. The molecule has 1 fully saturated rings. The molecule has 0 spiro atoms. The van der Waals surface area contributed by atoms with Gasteiger partial charge in [0.05, 0.1) is 0 Å². The summed E-state index contributed by atoms with van der Waals surface area (Å²) in [6, 6.07) is 0.470. The van der Waals surface area contributed by atoms with Crippen LogP contribution in [0.2, 0.25) is 0 Å². The van der Waals surface area contributed by atoms with Crippen LogP contribution in [0.5, 0.6) is 0 Å². The Balaban J connectivity index is 2.34. The number of sulfone groups is 1. The van der Waals surface area contributed by atoms with Crippen LogP contribution in [0.4, 0.5) is 0 Å². The van der Waals surface area contributed by atoms with E-state index in [-0.39, 0.29) is 11.7 Å². The molecule has 0 unspecified atom stereocenters. The zero-order chi connectivity index (χ0) is 12.9. The molecule has 5 nitrogen and oxygen atoms in total. The first-order valence-electron chi connectivity index (χ1n) is 6.11. The molecule has 0 aliphatic carbocycles. The van der Waals surface area contributed by atoms with E-state index in [0.29, 0.717) is 19.1 Å². The van der Waals surface area contributed by atoms with Crippen molar-refractivity contribution >= 4 is 15.7 Å². The summed E-state index contributed by atoms with van der Waals surface area (Å²) in [7, 11) is -3.21. The lowest BCUT2D eigenvalue weighted by molar-refractivity contribution is -0.129. The largest absolute Gasteiger partial charge is 0.342 e. The molecular weight excluding hydrogens is 240 g/mol. The van der Waals surface area contributed by atoms with E-state index >= 15 is 0 Å². The van der Waals surface area contributed by atoms with Gasteiger partial charge < -0.3 is 10.2 Å². The van der Waals surface area contributed by atoms with Gasteiger partial charge >= 0.3 is 0 Å². The van der Waals surface area contributed by atoms with Gasteiger partial charge in [-0.05, 0) is 25.8 Å². The molecule has 0 aromatic rings. The number of carbonyl (C=O) groups excluding carboxylic acids is 1. The summed E-state index contributed by atoms with van der Waals surface area (Å²) in [6.07, 6.45) is 4.03. The van der Waals surface area contributed by atoms with E-state index in [1.165, 1.54) is 0 Å². The van der Waals surface area contributed by atoms with Crippen LogP contribution in [0.1, 0.15) is 26.2 Å². The summed E-state index contributed by atoms with van der Waals surface area (Å²) < 4.78 is 22.1. The van der Waals surface area contributed by atoms with Crippen LogP contribution < -0.4 is 5.32 Å². The van der Waals surface area contributed by atoms with Gasteiger partial charge in [0.2, 0.25) is 5.91 Å². The van der Waals surface area contributed by atoms with Crippen LogP contribution in [0.25, 0.3) is 0 Å². The summed E-state index contributed by atoms with van der Waals surface area (Å²) >= 11 is 0. The minimum Gasteiger partial charge on any atom is -0.342 e. The fraction of sp³-hybridized carbons (Fsp3) is 0.909. The molecule has 1 aliphatic rings. The van der Waals surface area contributed by atoms with Crippen molar-refractivity contribution in [1.29, 1.82) is 0 Å². The monoisotopic (exact) mass is 262 g/mol. The van der Waals surface area contributed by atoms with Gasteiger partial charge in [0.1, 0.15) is 5.75 Å². The Hall–Kier alpha value is -0.620. The maximum Gasteiger partial charge on any atom is 0.237 e. The Kier molecular flexibility index (Phi) is 5.39. The van der Waals surface area contributed by atoms with Gasteiger partial charge in [0, 0.05) is 25.4 Å². The predicted molar refractivity (Wildman–Crippen MR) is 67.6 cm³/mol. The molecule has 0 bridgehead atoms. The minimum absolute atomic E-state index is 0.263. The number of hydrogen-bond donors (Lipinski definition) is 1. The Morgan fingerprint density at radius 1 is 1.35 bits per heavy atom. The first kappa shape index (κ1) is 14.4. The fourth-order valence-corrected chi connectivity index (χ4v) is 2.63. The van der Waals surface area contributed by atoms with Crippen molar-refractivity contribution in [3.05, 3.63) is 0 Å². The van der Waals surface area contributed by atoms with Gasteiger partial charge in [0.25, 0.3) is 0 Å². The normalized spacial score (nSPS) is 18.4. The average molecular weight is 262 g/mol. The van der Waals surface area contributed by atoms with Crippen LogP contribution in [0, 0.1) is 0 Å². The summed E-state index contributed by atoms with van der Waals surface area (Å²) in [4.78, 5) is 13.3. The Bertz CT molecular complexity index is 346. The first-order chi connectivity index (χ1) is 7.92. The summed E-state index contributed by atoms with van der Waals surface area (Å²) in [5, 5.41) is 3.42. The summed E-state index contributed by atoms with van der Waals surface area (Å²) in [5.74, 6) is -0.624. The maximum absolute atomic E-state index is 11.7. The molecule has 1 aliphatic heterocycles. The lowest BCUT2D eigenvalue weighted by Crippen LogP contribution is -2.46. The molecule has 1 N–H and O–H groups in total. The van der Waals surface area contributed by atoms with Crippen LogP contribution in [-0.2, 0) is 14.6 Å². The van der Waals surface area contributed by atoms with Crippen LogP contribution >= 0.6 is 0 Å². The van der Waals surface area contributed by atoms with Crippen molar-refractivity contribution in [2.45, 2.75) is 32.2 Å². The molecule has 1 saturated heterocycles. The van der Waals surface area contributed by atoms with Crippen LogP contribution in [0.3, 0.4) is 0 Å². The molecule has 0 saturated carbocycles. The molecular formula is C11H22N2O3S. The zero-order valence-electron chi connectivity index (χ0n) is 10.6. The molecule has 0 radical (unpaired) electrons. The van der Waals surface area contributed by atoms with Gasteiger partial charge in [-0.2, -0.15) is 0 Å². The lowest BCUT2D eigenvalue weighted by atomic mass is 10.1. The van der Waals surface area contributed by atoms with E-state index in [1.807, 2.05) is 0 Å². The third-order valence-electron chi connectivity index (χ3n) is 2.92. The maximum atomic E-state index is 11.7. The standard InChI is InChI=1S/C11H22N2O3S/c1-3-6-12-10-4-7-13(8-5-10)11(14)9-17(2,15)16/h10,12H,3-9H2,1-2H3. The third kappa shape index (κ3) is 5.50. The number of nitrogens with zero attached hydrogens (tertiary/aromatic N) is 1. The Morgan fingerprint density at radius 3 is 2.41 bits per heavy atom. The highest BCUT2D eigenvalue weighted by Crippen LogP contribution is 2.11. The Labute approximate surface area is 103 Å². The molecule has 0 atom stereocenters.